The van der Waals surface area contributed by atoms with E-state index in [9.17, 15) is 0 Å². The first-order valence-electron chi connectivity index (χ1n) is 4.09. The van der Waals surface area contributed by atoms with Crippen molar-refractivity contribution in [2.75, 3.05) is 5.32 Å². The Morgan fingerprint density at radius 1 is 1.73 bits per heavy atom. The first kappa shape index (κ1) is 8.11. The number of aromatic amines is 1. The van der Waals surface area contributed by atoms with Gasteiger partial charge in [-0.05, 0) is 19.4 Å². The number of aromatic nitrogens is 2. The second-order valence-corrected chi connectivity index (χ2v) is 2.80. The molecule has 1 aromatic heterocycles. The van der Waals surface area contributed by atoms with Crippen molar-refractivity contribution in [3.05, 3.63) is 12.3 Å². The summed E-state index contributed by atoms with van der Waals surface area (Å²) in [5.74, 6) is 1.01. The van der Waals surface area contributed by atoms with Gasteiger partial charge in [0.15, 0.2) is 0 Å². The van der Waals surface area contributed by atoms with Gasteiger partial charge >= 0.3 is 0 Å². The molecule has 2 N–H and O–H groups in total. The predicted molar refractivity (Wildman–Crippen MR) is 46.6 cm³/mol. The van der Waals surface area contributed by atoms with Crippen LogP contribution in [-0.4, -0.2) is 16.2 Å². The maximum absolute atomic E-state index is 3.85. The van der Waals surface area contributed by atoms with Crippen molar-refractivity contribution in [3.63, 3.8) is 0 Å². The molecule has 1 aromatic rings. The third-order valence-corrected chi connectivity index (χ3v) is 1.62. The monoisotopic (exact) mass is 153 g/mol. The van der Waals surface area contributed by atoms with Crippen LogP contribution in [0.1, 0.15) is 26.7 Å². The molecule has 11 heavy (non-hydrogen) atoms. The lowest BCUT2D eigenvalue weighted by molar-refractivity contribution is 0.687. The molecule has 3 nitrogen and oxygen atoms in total. The van der Waals surface area contributed by atoms with Crippen molar-refractivity contribution in [3.8, 4) is 0 Å². The van der Waals surface area contributed by atoms with Crippen molar-refractivity contribution in [1.29, 1.82) is 0 Å². The Kier molecular flexibility index (Phi) is 2.95. The van der Waals surface area contributed by atoms with Gasteiger partial charge in [0.05, 0.1) is 6.20 Å². The fourth-order valence-electron chi connectivity index (χ4n) is 1.11. The van der Waals surface area contributed by atoms with Gasteiger partial charge in [0.1, 0.15) is 5.82 Å². The predicted octanol–water partition coefficient (Wildman–Crippen LogP) is 2.01. The summed E-state index contributed by atoms with van der Waals surface area (Å²) in [5, 5.41) is 10.0. The third kappa shape index (κ3) is 2.62. The van der Waals surface area contributed by atoms with Gasteiger partial charge < -0.3 is 5.32 Å². The Labute approximate surface area is 67.2 Å². The SMILES string of the molecule is CCCC(C)Nc1ccn[nH]1. The highest BCUT2D eigenvalue weighted by atomic mass is 15.2. The van der Waals surface area contributed by atoms with Crippen LogP contribution in [0.3, 0.4) is 0 Å². The summed E-state index contributed by atoms with van der Waals surface area (Å²) in [6, 6.07) is 2.46. The van der Waals surface area contributed by atoms with Crippen molar-refractivity contribution in [2.45, 2.75) is 32.7 Å². The highest BCUT2D eigenvalue weighted by molar-refractivity contribution is 5.32. The molecule has 0 fully saturated rings. The average molecular weight is 153 g/mol. The molecule has 62 valence electrons. The summed E-state index contributed by atoms with van der Waals surface area (Å²) >= 11 is 0. The average Bonchev–Trinajstić information content (AvgIpc) is 2.40. The molecular formula is C8H15N3. The zero-order valence-corrected chi connectivity index (χ0v) is 7.09. The summed E-state index contributed by atoms with van der Waals surface area (Å²) in [4.78, 5) is 0. The Bertz CT molecular complexity index is 181. The zero-order chi connectivity index (χ0) is 8.10. The van der Waals surface area contributed by atoms with Crippen molar-refractivity contribution in [1.82, 2.24) is 10.2 Å². The smallest absolute Gasteiger partial charge is 0.121 e. The van der Waals surface area contributed by atoms with E-state index in [4.69, 9.17) is 0 Å². The Hall–Kier alpha value is -0.990. The van der Waals surface area contributed by atoms with Crippen molar-refractivity contribution < 1.29 is 0 Å². The third-order valence-electron chi connectivity index (χ3n) is 1.62. The highest BCUT2D eigenvalue weighted by Crippen LogP contribution is 2.04. The Morgan fingerprint density at radius 3 is 3.09 bits per heavy atom. The van der Waals surface area contributed by atoms with Crippen LogP contribution in [0.25, 0.3) is 0 Å². The number of hydrogen-bond acceptors (Lipinski definition) is 2. The number of anilines is 1. The molecule has 0 saturated carbocycles. The number of nitrogens with zero attached hydrogens (tertiary/aromatic N) is 1. The summed E-state index contributed by atoms with van der Waals surface area (Å²) in [7, 11) is 0. The molecule has 0 amide bonds. The number of hydrogen-bond donors (Lipinski definition) is 2. The van der Waals surface area contributed by atoms with E-state index in [-0.39, 0.29) is 0 Å². The molecule has 0 bridgehead atoms. The van der Waals surface area contributed by atoms with Crippen LogP contribution in [0.4, 0.5) is 5.82 Å². The molecule has 0 aromatic carbocycles. The molecule has 3 heteroatoms. The first-order chi connectivity index (χ1) is 5.33. The lowest BCUT2D eigenvalue weighted by Gasteiger charge is -2.11. The van der Waals surface area contributed by atoms with Crippen molar-refractivity contribution in [2.24, 2.45) is 0 Å². The van der Waals surface area contributed by atoms with E-state index in [1.807, 2.05) is 6.07 Å². The van der Waals surface area contributed by atoms with Crippen LogP contribution in [0, 0.1) is 0 Å². The zero-order valence-electron chi connectivity index (χ0n) is 7.09. The summed E-state index contributed by atoms with van der Waals surface area (Å²) in [6.07, 6.45) is 4.16. The van der Waals surface area contributed by atoms with Gasteiger partial charge in [0.2, 0.25) is 0 Å². The van der Waals surface area contributed by atoms with E-state index in [2.05, 4.69) is 29.4 Å². The van der Waals surface area contributed by atoms with Gasteiger partial charge in [0.25, 0.3) is 0 Å². The van der Waals surface area contributed by atoms with Crippen LogP contribution >= 0.6 is 0 Å². The summed E-state index contributed by atoms with van der Waals surface area (Å²) in [5.41, 5.74) is 0. The van der Waals surface area contributed by atoms with Crippen LogP contribution in [0.2, 0.25) is 0 Å². The van der Waals surface area contributed by atoms with Gasteiger partial charge in [-0.3, -0.25) is 5.10 Å². The molecule has 0 aliphatic carbocycles. The normalized spacial score (nSPS) is 12.9. The Balaban J connectivity index is 2.31. The van der Waals surface area contributed by atoms with Gasteiger partial charge in [-0.15, -0.1) is 0 Å². The lowest BCUT2D eigenvalue weighted by atomic mass is 10.2. The van der Waals surface area contributed by atoms with Gasteiger partial charge in [-0.25, -0.2) is 0 Å². The molecule has 0 aliphatic heterocycles. The fraction of sp³-hybridized carbons (Fsp3) is 0.625. The minimum Gasteiger partial charge on any atom is -0.368 e. The summed E-state index contributed by atoms with van der Waals surface area (Å²) < 4.78 is 0. The molecule has 0 spiro atoms. The minimum atomic E-state index is 0.528. The second-order valence-electron chi connectivity index (χ2n) is 2.80. The van der Waals surface area contributed by atoms with Crippen LogP contribution < -0.4 is 5.32 Å². The largest absolute Gasteiger partial charge is 0.368 e. The molecular weight excluding hydrogens is 138 g/mol. The summed E-state index contributed by atoms with van der Waals surface area (Å²) in [6.45, 7) is 4.36. The van der Waals surface area contributed by atoms with E-state index in [1.54, 1.807) is 6.20 Å². The van der Waals surface area contributed by atoms with E-state index in [0.29, 0.717) is 6.04 Å². The topological polar surface area (TPSA) is 40.7 Å². The fourth-order valence-corrected chi connectivity index (χ4v) is 1.11. The van der Waals surface area contributed by atoms with Gasteiger partial charge in [0, 0.05) is 6.04 Å². The Morgan fingerprint density at radius 2 is 2.55 bits per heavy atom. The van der Waals surface area contributed by atoms with E-state index in [0.717, 1.165) is 5.82 Å². The van der Waals surface area contributed by atoms with E-state index >= 15 is 0 Å². The first-order valence-corrected chi connectivity index (χ1v) is 4.09. The standard InChI is InChI=1S/C8H15N3/c1-3-4-7(2)10-8-5-6-9-11-8/h5-7H,3-4H2,1-2H3,(H2,9,10,11). The van der Waals surface area contributed by atoms with Gasteiger partial charge in [-0.2, -0.15) is 5.10 Å². The molecule has 1 atom stereocenters. The van der Waals surface area contributed by atoms with Crippen LogP contribution in [0.15, 0.2) is 12.3 Å². The lowest BCUT2D eigenvalue weighted by Crippen LogP contribution is -2.14. The van der Waals surface area contributed by atoms with E-state index in [1.165, 1.54) is 12.8 Å². The molecule has 1 rings (SSSR count). The minimum absolute atomic E-state index is 0.528. The van der Waals surface area contributed by atoms with Gasteiger partial charge in [-0.1, -0.05) is 13.3 Å². The molecule has 0 saturated heterocycles. The number of H-pyrrole nitrogens is 1. The van der Waals surface area contributed by atoms with Crippen molar-refractivity contribution >= 4 is 5.82 Å². The van der Waals surface area contributed by atoms with Crippen LogP contribution in [0.5, 0.6) is 0 Å². The molecule has 0 radical (unpaired) electrons. The number of nitrogens with one attached hydrogen (secondary N) is 2. The quantitative estimate of drug-likeness (QED) is 0.694. The maximum atomic E-state index is 3.85. The highest BCUT2D eigenvalue weighted by Gasteiger charge is 1.99. The number of rotatable bonds is 4. The molecule has 0 aliphatic rings. The maximum Gasteiger partial charge on any atom is 0.121 e. The molecule has 1 heterocycles. The molecule has 1 unspecified atom stereocenters. The van der Waals surface area contributed by atoms with E-state index < -0.39 is 0 Å². The van der Waals surface area contributed by atoms with Crippen LogP contribution in [-0.2, 0) is 0 Å². The second kappa shape index (κ2) is 4.01.